The van der Waals surface area contributed by atoms with Gasteiger partial charge in [-0.3, -0.25) is 4.79 Å². The van der Waals surface area contributed by atoms with Gasteiger partial charge in [-0.1, -0.05) is 12.5 Å². The predicted octanol–water partition coefficient (Wildman–Crippen LogP) is 2.93. The van der Waals surface area contributed by atoms with E-state index in [1.807, 2.05) is 41.2 Å². The second-order valence-electron chi connectivity index (χ2n) is 5.54. The average molecular weight is 285 g/mol. The van der Waals surface area contributed by atoms with Crippen molar-refractivity contribution >= 4 is 11.7 Å². The molecule has 0 amide bonds. The zero-order valence-electron chi connectivity index (χ0n) is 11.8. The SMILES string of the molecule is O=C(O)C1CCCC(Nc2cccc(-n3cccn3)c2)C1. The Morgan fingerprint density at radius 3 is 3.00 bits per heavy atom. The number of hydrogen-bond acceptors (Lipinski definition) is 3. The fourth-order valence-electron chi connectivity index (χ4n) is 2.94. The lowest BCUT2D eigenvalue weighted by Gasteiger charge is -2.28. The maximum absolute atomic E-state index is 11.1. The van der Waals surface area contributed by atoms with E-state index in [0.717, 1.165) is 30.6 Å². The Morgan fingerprint density at radius 2 is 2.24 bits per heavy atom. The van der Waals surface area contributed by atoms with Crippen LogP contribution in [0.15, 0.2) is 42.7 Å². The van der Waals surface area contributed by atoms with E-state index in [1.165, 1.54) is 0 Å². The molecule has 1 saturated carbocycles. The molecule has 5 heteroatoms. The number of nitrogens with zero attached hydrogens (tertiary/aromatic N) is 2. The number of rotatable bonds is 4. The maximum Gasteiger partial charge on any atom is 0.306 e. The van der Waals surface area contributed by atoms with E-state index in [-0.39, 0.29) is 12.0 Å². The van der Waals surface area contributed by atoms with Gasteiger partial charge in [0.1, 0.15) is 0 Å². The number of carboxylic acid groups (broad SMARTS) is 1. The molecule has 2 aromatic rings. The van der Waals surface area contributed by atoms with Crippen LogP contribution in [0.2, 0.25) is 0 Å². The van der Waals surface area contributed by atoms with Gasteiger partial charge < -0.3 is 10.4 Å². The van der Waals surface area contributed by atoms with Crippen molar-refractivity contribution in [1.29, 1.82) is 0 Å². The van der Waals surface area contributed by atoms with Crippen molar-refractivity contribution < 1.29 is 9.90 Å². The van der Waals surface area contributed by atoms with E-state index in [1.54, 1.807) is 6.20 Å². The first kappa shape index (κ1) is 13.7. The molecule has 0 spiro atoms. The standard InChI is InChI=1S/C16H19N3O2/c20-16(21)12-4-1-5-13(10-12)18-14-6-2-7-15(11-14)19-9-3-8-17-19/h2-3,6-9,11-13,18H,1,4-5,10H2,(H,20,21). The topological polar surface area (TPSA) is 67.2 Å². The third-order valence-electron chi connectivity index (χ3n) is 4.01. The summed E-state index contributed by atoms with van der Waals surface area (Å²) in [6.45, 7) is 0. The lowest BCUT2D eigenvalue weighted by atomic mass is 9.85. The Hall–Kier alpha value is -2.30. The smallest absolute Gasteiger partial charge is 0.306 e. The molecule has 2 atom stereocenters. The van der Waals surface area contributed by atoms with Crippen molar-refractivity contribution in [2.75, 3.05) is 5.32 Å². The van der Waals surface area contributed by atoms with Gasteiger partial charge >= 0.3 is 5.97 Å². The van der Waals surface area contributed by atoms with Crippen molar-refractivity contribution in [1.82, 2.24) is 9.78 Å². The van der Waals surface area contributed by atoms with E-state index in [2.05, 4.69) is 10.4 Å². The van der Waals surface area contributed by atoms with E-state index in [4.69, 9.17) is 5.11 Å². The molecule has 3 rings (SSSR count). The van der Waals surface area contributed by atoms with Crippen LogP contribution < -0.4 is 5.32 Å². The highest BCUT2D eigenvalue weighted by Crippen LogP contribution is 2.27. The minimum atomic E-state index is -0.674. The third kappa shape index (κ3) is 3.24. The summed E-state index contributed by atoms with van der Waals surface area (Å²) in [5.74, 6) is -0.891. The number of aromatic nitrogens is 2. The first-order valence-electron chi connectivity index (χ1n) is 7.32. The molecule has 2 unspecified atom stereocenters. The molecule has 1 aliphatic carbocycles. The van der Waals surface area contributed by atoms with Crippen LogP contribution in [0.4, 0.5) is 5.69 Å². The molecule has 0 bridgehead atoms. The van der Waals surface area contributed by atoms with Gasteiger partial charge in [0.15, 0.2) is 0 Å². The van der Waals surface area contributed by atoms with Crippen molar-refractivity contribution in [3.63, 3.8) is 0 Å². The highest BCUT2D eigenvalue weighted by atomic mass is 16.4. The summed E-state index contributed by atoms with van der Waals surface area (Å²) in [7, 11) is 0. The average Bonchev–Trinajstić information content (AvgIpc) is 3.02. The number of benzene rings is 1. The first-order chi connectivity index (χ1) is 10.2. The molecule has 0 radical (unpaired) electrons. The highest BCUT2D eigenvalue weighted by Gasteiger charge is 2.26. The first-order valence-corrected chi connectivity index (χ1v) is 7.32. The van der Waals surface area contributed by atoms with Crippen LogP contribution in [0.25, 0.3) is 5.69 Å². The molecule has 2 N–H and O–H groups in total. The largest absolute Gasteiger partial charge is 0.481 e. The molecule has 1 heterocycles. The Balaban J connectivity index is 1.70. The van der Waals surface area contributed by atoms with E-state index in [0.29, 0.717) is 6.42 Å². The van der Waals surface area contributed by atoms with Gasteiger partial charge in [0, 0.05) is 24.1 Å². The second kappa shape index (κ2) is 5.99. The summed E-state index contributed by atoms with van der Waals surface area (Å²) in [6, 6.07) is 10.1. The molecule has 0 saturated heterocycles. The van der Waals surface area contributed by atoms with Crippen LogP contribution in [0, 0.1) is 5.92 Å². The van der Waals surface area contributed by atoms with Crippen LogP contribution in [-0.4, -0.2) is 26.9 Å². The molecule has 1 fully saturated rings. The minimum absolute atomic E-state index is 0.217. The Bertz CT molecular complexity index is 610. The molecule has 1 aliphatic rings. The molecule has 1 aromatic heterocycles. The van der Waals surface area contributed by atoms with E-state index >= 15 is 0 Å². The summed E-state index contributed by atoms with van der Waals surface area (Å²) in [4.78, 5) is 11.1. The quantitative estimate of drug-likeness (QED) is 0.906. The van der Waals surface area contributed by atoms with Crippen LogP contribution >= 0.6 is 0 Å². The normalized spacial score (nSPS) is 21.9. The number of nitrogens with one attached hydrogen (secondary N) is 1. The summed E-state index contributed by atoms with van der Waals surface area (Å²) in [5, 5.41) is 16.8. The number of aliphatic carboxylic acids is 1. The molecule has 1 aromatic carbocycles. The monoisotopic (exact) mass is 285 g/mol. The number of carbonyl (C=O) groups is 1. The summed E-state index contributed by atoms with van der Waals surface area (Å²) >= 11 is 0. The van der Waals surface area contributed by atoms with Gasteiger partial charge in [-0.2, -0.15) is 5.10 Å². The fraction of sp³-hybridized carbons (Fsp3) is 0.375. The molecule has 0 aliphatic heterocycles. The molecule has 5 nitrogen and oxygen atoms in total. The summed E-state index contributed by atoms with van der Waals surface area (Å²) in [5.41, 5.74) is 2.01. The van der Waals surface area contributed by atoms with Crippen molar-refractivity contribution in [2.45, 2.75) is 31.7 Å². The molecular weight excluding hydrogens is 266 g/mol. The van der Waals surface area contributed by atoms with Gasteiger partial charge in [-0.05, 0) is 43.5 Å². The third-order valence-corrected chi connectivity index (χ3v) is 4.01. The van der Waals surface area contributed by atoms with E-state index in [9.17, 15) is 4.79 Å². The van der Waals surface area contributed by atoms with Gasteiger partial charge in [-0.25, -0.2) is 4.68 Å². The van der Waals surface area contributed by atoms with Crippen LogP contribution in [-0.2, 0) is 4.79 Å². The fourth-order valence-corrected chi connectivity index (χ4v) is 2.94. The molecular formula is C16H19N3O2. The Kier molecular flexibility index (Phi) is 3.90. The van der Waals surface area contributed by atoms with Crippen molar-refractivity contribution in [3.05, 3.63) is 42.7 Å². The van der Waals surface area contributed by atoms with Gasteiger partial charge in [0.25, 0.3) is 0 Å². The van der Waals surface area contributed by atoms with Crippen molar-refractivity contribution in [2.24, 2.45) is 5.92 Å². The Morgan fingerprint density at radius 1 is 1.33 bits per heavy atom. The van der Waals surface area contributed by atoms with Crippen LogP contribution in [0.1, 0.15) is 25.7 Å². The second-order valence-corrected chi connectivity index (χ2v) is 5.54. The maximum atomic E-state index is 11.1. The van der Waals surface area contributed by atoms with Crippen molar-refractivity contribution in [3.8, 4) is 5.69 Å². The number of hydrogen-bond donors (Lipinski definition) is 2. The molecule has 110 valence electrons. The van der Waals surface area contributed by atoms with Crippen LogP contribution in [0.3, 0.4) is 0 Å². The van der Waals surface area contributed by atoms with Gasteiger partial charge in [0.05, 0.1) is 11.6 Å². The lowest BCUT2D eigenvalue weighted by molar-refractivity contribution is -0.142. The lowest BCUT2D eigenvalue weighted by Crippen LogP contribution is -2.30. The van der Waals surface area contributed by atoms with Gasteiger partial charge in [0.2, 0.25) is 0 Å². The van der Waals surface area contributed by atoms with Gasteiger partial charge in [-0.15, -0.1) is 0 Å². The highest BCUT2D eigenvalue weighted by molar-refractivity contribution is 5.70. The summed E-state index contributed by atoms with van der Waals surface area (Å²) < 4.78 is 1.81. The van der Waals surface area contributed by atoms with E-state index < -0.39 is 5.97 Å². The number of anilines is 1. The number of carboxylic acids is 1. The predicted molar refractivity (Wildman–Crippen MR) is 80.6 cm³/mol. The zero-order chi connectivity index (χ0) is 14.7. The van der Waals surface area contributed by atoms with Crippen LogP contribution in [0.5, 0.6) is 0 Å². The Labute approximate surface area is 123 Å². The minimum Gasteiger partial charge on any atom is -0.481 e. The zero-order valence-corrected chi connectivity index (χ0v) is 11.8. The molecule has 21 heavy (non-hydrogen) atoms. The summed E-state index contributed by atoms with van der Waals surface area (Å²) in [6.07, 6.45) is 7.13.